The van der Waals surface area contributed by atoms with Crippen molar-refractivity contribution in [2.45, 2.75) is 39.2 Å². The Morgan fingerprint density at radius 2 is 2.15 bits per heavy atom. The van der Waals surface area contributed by atoms with Crippen molar-refractivity contribution in [1.29, 1.82) is 0 Å². The van der Waals surface area contributed by atoms with Gasteiger partial charge in [0, 0.05) is 25.9 Å². The molecule has 0 aromatic heterocycles. The van der Waals surface area contributed by atoms with Crippen LogP contribution in [0.3, 0.4) is 0 Å². The van der Waals surface area contributed by atoms with Gasteiger partial charge in [-0.25, -0.2) is 0 Å². The number of amides is 1. The van der Waals surface area contributed by atoms with Crippen LogP contribution in [0.4, 0.5) is 0 Å². The molecule has 0 aromatic carbocycles. The molecule has 1 unspecified atom stereocenters. The standard InChI is InChI=1S/C9H18N2OS/c1-4-5-9(12)11(3)7(2)6-8(10)13/h7H,4-6H2,1-3H3,(H2,10,13). The third kappa shape index (κ3) is 4.83. The van der Waals surface area contributed by atoms with Crippen molar-refractivity contribution in [3.05, 3.63) is 0 Å². The summed E-state index contributed by atoms with van der Waals surface area (Å²) in [5.74, 6) is 0.159. The van der Waals surface area contributed by atoms with E-state index in [0.29, 0.717) is 17.8 Å². The Hall–Kier alpha value is -0.640. The van der Waals surface area contributed by atoms with E-state index in [-0.39, 0.29) is 11.9 Å². The highest BCUT2D eigenvalue weighted by Gasteiger charge is 2.14. The van der Waals surface area contributed by atoms with Gasteiger partial charge in [0.1, 0.15) is 0 Å². The quantitative estimate of drug-likeness (QED) is 0.684. The second kappa shape index (κ2) is 5.91. The smallest absolute Gasteiger partial charge is 0.222 e. The zero-order chi connectivity index (χ0) is 10.4. The van der Waals surface area contributed by atoms with Gasteiger partial charge in [-0.1, -0.05) is 19.1 Å². The summed E-state index contributed by atoms with van der Waals surface area (Å²) in [5.41, 5.74) is 5.40. The number of nitrogens with zero attached hydrogens (tertiary/aromatic N) is 1. The van der Waals surface area contributed by atoms with Gasteiger partial charge >= 0.3 is 0 Å². The second-order valence-corrected chi connectivity index (χ2v) is 3.80. The van der Waals surface area contributed by atoms with E-state index in [4.69, 9.17) is 18.0 Å². The average molecular weight is 202 g/mol. The van der Waals surface area contributed by atoms with E-state index in [0.717, 1.165) is 6.42 Å². The lowest BCUT2D eigenvalue weighted by Crippen LogP contribution is -2.37. The maximum Gasteiger partial charge on any atom is 0.222 e. The molecule has 0 spiro atoms. The number of carbonyl (C=O) groups excluding carboxylic acids is 1. The molecule has 13 heavy (non-hydrogen) atoms. The van der Waals surface area contributed by atoms with E-state index in [2.05, 4.69) is 0 Å². The van der Waals surface area contributed by atoms with Crippen molar-refractivity contribution < 1.29 is 4.79 Å². The van der Waals surface area contributed by atoms with E-state index in [1.54, 1.807) is 11.9 Å². The van der Waals surface area contributed by atoms with Gasteiger partial charge < -0.3 is 10.6 Å². The predicted octanol–water partition coefficient (Wildman–Crippen LogP) is 1.31. The molecule has 0 fully saturated rings. The molecule has 1 atom stereocenters. The molecule has 4 heteroatoms. The molecular formula is C9H18N2OS. The molecule has 1 amide bonds. The lowest BCUT2D eigenvalue weighted by Gasteiger charge is -2.24. The highest BCUT2D eigenvalue weighted by atomic mass is 32.1. The number of thiocarbonyl (C=S) groups is 1. The van der Waals surface area contributed by atoms with Gasteiger partial charge in [0.15, 0.2) is 0 Å². The van der Waals surface area contributed by atoms with Gasteiger partial charge in [-0.15, -0.1) is 0 Å². The van der Waals surface area contributed by atoms with Crippen LogP contribution >= 0.6 is 12.2 Å². The molecule has 0 aliphatic carbocycles. The summed E-state index contributed by atoms with van der Waals surface area (Å²) in [7, 11) is 1.79. The topological polar surface area (TPSA) is 46.3 Å². The Kier molecular flexibility index (Phi) is 5.62. The highest BCUT2D eigenvalue weighted by Crippen LogP contribution is 2.04. The first-order chi connectivity index (χ1) is 5.99. The van der Waals surface area contributed by atoms with Crippen molar-refractivity contribution in [2.75, 3.05) is 7.05 Å². The summed E-state index contributed by atoms with van der Waals surface area (Å²) in [6.45, 7) is 3.94. The Balaban J connectivity index is 4.00. The maximum atomic E-state index is 11.4. The van der Waals surface area contributed by atoms with Crippen LogP contribution in [0, 0.1) is 0 Å². The van der Waals surface area contributed by atoms with E-state index in [1.807, 2.05) is 13.8 Å². The van der Waals surface area contributed by atoms with Crippen LogP contribution in [0.1, 0.15) is 33.1 Å². The minimum absolute atomic E-state index is 0.108. The third-order valence-electron chi connectivity index (χ3n) is 2.02. The fourth-order valence-corrected chi connectivity index (χ4v) is 1.31. The molecular weight excluding hydrogens is 184 g/mol. The van der Waals surface area contributed by atoms with E-state index in [9.17, 15) is 4.79 Å². The molecule has 76 valence electrons. The Labute approximate surface area is 85.3 Å². The molecule has 0 aromatic rings. The third-order valence-corrected chi connectivity index (χ3v) is 2.18. The maximum absolute atomic E-state index is 11.4. The van der Waals surface area contributed by atoms with Crippen LogP contribution in [0.5, 0.6) is 0 Å². The molecule has 0 rings (SSSR count). The molecule has 0 aliphatic rings. The van der Waals surface area contributed by atoms with E-state index in [1.165, 1.54) is 0 Å². The molecule has 2 N–H and O–H groups in total. The first-order valence-corrected chi connectivity index (χ1v) is 4.93. The molecule has 3 nitrogen and oxygen atoms in total. The highest BCUT2D eigenvalue weighted by molar-refractivity contribution is 7.80. The Morgan fingerprint density at radius 1 is 1.62 bits per heavy atom. The zero-order valence-electron chi connectivity index (χ0n) is 8.54. The summed E-state index contributed by atoms with van der Waals surface area (Å²) < 4.78 is 0. The summed E-state index contributed by atoms with van der Waals surface area (Å²) in [6.07, 6.45) is 2.07. The zero-order valence-corrected chi connectivity index (χ0v) is 9.36. The SMILES string of the molecule is CCCC(=O)N(C)C(C)CC(N)=S. The molecule has 0 radical (unpaired) electrons. The molecule has 0 heterocycles. The first-order valence-electron chi connectivity index (χ1n) is 4.53. The van der Waals surface area contributed by atoms with Gasteiger partial charge in [-0.3, -0.25) is 4.79 Å². The van der Waals surface area contributed by atoms with Gasteiger partial charge in [-0.2, -0.15) is 0 Å². The summed E-state index contributed by atoms with van der Waals surface area (Å²) >= 11 is 4.78. The number of carbonyl (C=O) groups is 1. The number of hydrogen-bond acceptors (Lipinski definition) is 2. The predicted molar refractivity (Wildman–Crippen MR) is 58.5 cm³/mol. The van der Waals surface area contributed by atoms with Gasteiger partial charge in [0.2, 0.25) is 5.91 Å². The van der Waals surface area contributed by atoms with Crippen LogP contribution in [0.15, 0.2) is 0 Å². The molecule has 0 aliphatic heterocycles. The monoisotopic (exact) mass is 202 g/mol. The summed E-state index contributed by atoms with van der Waals surface area (Å²) in [6, 6.07) is 0.108. The summed E-state index contributed by atoms with van der Waals surface area (Å²) in [5, 5.41) is 0. The second-order valence-electron chi connectivity index (χ2n) is 3.27. The first kappa shape index (κ1) is 12.4. The minimum atomic E-state index is 0.108. The van der Waals surface area contributed by atoms with Gasteiger partial charge in [0.25, 0.3) is 0 Å². The molecule has 0 saturated carbocycles. The van der Waals surface area contributed by atoms with Crippen molar-refractivity contribution in [2.24, 2.45) is 5.73 Å². The minimum Gasteiger partial charge on any atom is -0.393 e. The molecule has 0 bridgehead atoms. The van der Waals surface area contributed by atoms with Crippen LogP contribution < -0.4 is 5.73 Å². The molecule has 0 saturated heterocycles. The van der Waals surface area contributed by atoms with Gasteiger partial charge in [-0.05, 0) is 13.3 Å². The Bertz CT molecular complexity index is 194. The number of hydrogen-bond donors (Lipinski definition) is 1. The Morgan fingerprint density at radius 3 is 2.54 bits per heavy atom. The normalized spacial score (nSPS) is 12.2. The largest absolute Gasteiger partial charge is 0.393 e. The summed E-state index contributed by atoms with van der Waals surface area (Å²) in [4.78, 5) is 13.6. The van der Waals surface area contributed by atoms with E-state index >= 15 is 0 Å². The van der Waals surface area contributed by atoms with Crippen LogP contribution in [-0.4, -0.2) is 28.9 Å². The van der Waals surface area contributed by atoms with Crippen molar-refractivity contribution >= 4 is 23.1 Å². The number of rotatable bonds is 5. The van der Waals surface area contributed by atoms with Crippen molar-refractivity contribution in [1.82, 2.24) is 4.90 Å². The van der Waals surface area contributed by atoms with Crippen molar-refractivity contribution in [3.8, 4) is 0 Å². The number of nitrogens with two attached hydrogens (primary N) is 1. The van der Waals surface area contributed by atoms with Crippen LogP contribution in [0.2, 0.25) is 0 Å². The fraction of sp³-hybridized carbons (Fsp3) is 0.778. The average Bonchev–Trinajstić information content (AvgIpc) is 2.02. The van der Waals surface area contributed by atoms with Crippen LogP contribution in [-0.2, 0) is 4.79 Å². The lowest BCUT2D eigenvalue weighted by atomic mass is 10.2. The van der Waals surface area contributed by atoms with Crippen LogP contribution in [0.25, 0.3) is 0 Å². The van der Waals surface area contributed by atoms with Gasteiger partial charge in [0.05, 0.1) is 4.99 Å². The fourth-order valence-electron chi connectivity index (χ4n) is 1.06. The van der Waals surface area contributed by atoms with E-state index < -0.39 is 0 Å². The van der Waals surface area contributed by atoms with Crippen molar-refractivity contribution in [3.63, 3.8) is 0 Å². The lowest BCUT2D eigenvalue weighted by molar-refractivity contribution is -0.131.